The zero-order valence-electron chi connectivity index (χ0n) is 18.5. The van der Waals surface area contributed by atoms with Crippen LogP contribution in [0.15, 0.2) is 23.7 Å². The molecule has 0 saturated carbocycles. The number of thiazole rings is 1. The number of rotatable bonds is 12. The molecule has 1 atom stereocenters. The minimum absolute atomic E-state index is 0.204. The molecule has 1 aromatic heterocycles. The van der Waals surface area contributed by atoms with E-state index in [4.69, 9.17) is 9.47 Å². The van der Waals surface area contributed by atoms with Gasteiger partial charge in [0.05, 0.1) is 24.4 Å². The average Bonchev–Trinajstić information content (AvgIpc) is 3.18. The molecule has 8 heteroatoms. The molecule has 1 aromatic carbocycles. The van der Waals surface area contributed by atoms with E-state index in [1.165, 1.54) is 4.88 Å². The maximum atomic E-state index is 10.3. The van der Waals surface area contributed by atoms with Gasteiger partial charge in [-0.25, -0.2) is 4.98 Å². The van der Waals surface area contributed by atoms with Crippen molar-refractivity contribution in [3.63, 3.8) is 0 Å². The standard InChI is InChI=1S/C23H35N3O4S/c1-17-23(31-16-25-17)4-3-9-24-13-18-5-6-21(22(12-18)29-2)30-15-20(28)14-26-10-7-19(27)8-11-26/h5-6,12,16,19-20,24,27-28H,3-4,7-11,13-15H2,1-2H3/t20-/m0/s1. The number of piperidine rings is 1. The first-order valence-electron chi connectivity index (χ1n) is 11.0. The van der Waals surface area contributed by atoms with Crippen molar-refractivity contribution in [3.05, 3.63) is 39.8 Å². The lowest BCUT2D eigenvalue weighted by atomic mass is 10.1. The summed E-state index contributed by atoms with van der Waals surface area (Å²) < 4.78 is 11.3. The van der Waals surface area contributed by atoms with Crippen LogP contribution in [0.3, 0.4) is 0 Å². The Kier molecular flexibility index (Phi) is 9.54. The molecule has 1 saturated heterocycles. The van der Waals surface area contributed by atoms with E-state index in [0.29, 0.717) is 18.0 Å². The van der Waals surface area contributed by atoms with Crippen molar-refractivity contribution >= 4 is 11.3 Å². The van der Waals surface area contributed by atoms with E-state index in [1.807, 2.05) is 23.7 Å². The summed E-state index contributed by atoms with van der Waals surface area (Å²) in [5.74, 6) is 1.31. The van der Waals surface area contributed by atoms with Crippen molar-refractivity contribution in [2.45, 2.75) is 51.4 Å². The lowest BCUT2D eigenvalue weighted by molar-refractivity contribution is 0.0333. The van der Waals surface area contributed by atoms with Crippen molar-refractivity contribution in [1.82, 2.24) is 15.2 Å². The number of aliphatic hydroxyl groups is 2. The zero-order chi connectivity index (χ0) is 22.1. The van der Waals surface area contributed by atoms with Gasteiger partial charge in [0, 0.05) is 31.1 Å². The number of nitrogens with zero attached hydrogens (tertiary/aromatic N) is 2. The molecule has 0 aliphatic carbocycles. The summed E-state index contributed by atoms with van der Waals surface area (Å²) in [6.07, 6.45) is 2.88. The molecule has 2 aromatic rings. The van der Waals surface area contributed by atoms with E-state index in [9.17, 15) is 10.2 Å². The second-order valence-electron chi connectivity index (χ2n) is 8.12. The summed E-state index contributed by atoms with van der Waals surface area (Å²) in [5.41, 5.74) is 4.18. The summed E-state index contributed by atoms with van der Waals surface area (Å²) in [4.78, 5) is 7.83. The Morgan fingerprint density at radius 1 is 1.29 bits per heavy atom. The van der Waals surface area contributed by atoms with Crippen LogP contribution in [0, 0.1) is 6.92 Å². The minimum atomic E-state index is -0.580. The maximum Gasteiger partial charge on any atom is 0.161 e. The molecule has 3 rings (SSSR count). The number of methoxy groups -OCH3 is 1. The summed E-state index contributed by atoms with van der Waals surface area (Å²) in [5, 5.41) is 23.4. The lowest BCUT2D eigenvalue weighted by Crippen LogP contribution is -2.41. The van der Waals surface area contributed by atoms with Crippen LogP contribution >= 0.6 is 11.3 Å². The number of hydrogen-bond donors (Lipinski definition) is 3. The summed E-state index contributed by atoms with van der Waals surface area (Å²) in [6.45, 7) is 6.16. The number of aryl methyl sites for hydroxylation is 2. The van der Waals surface area contributed by atoms with Gasteiger partial charge in [-0.15, -0.1) is 11.3 Å². The highest BCUT2D eigenvalue weighted by Crippen LogP contribution is 2.28. The Morgan fingerprint density at radius 2 is 2.10 bits per heavy atom. The maximum absolute atomic E-state index is 10.3. The molecule has 1 aliphatic rings. The highest BCUT2D eigenvalue weighted by atomic mass is 32.1. The zero-order valence-corrected chi connectivity index (χ0v) is 19.4. The third-order valence-corrected chi connectivity index (χ3v) is 6.61. The van der Waals surface area contributed by atoms with E-state index >= 15 is 0 Å². The van der Waals surface area contributed by atoms with Crippen LogP contribution in [-0.2, 0) is 13.0 Å². The highest BCUT2D eigenvalue weighted by Gasteiger charge is 2.20. The van der Waals surface area contributed by atoms with Crippen LogP contribution in [-0.4, -0.2) is 72.2 Å². The summed E-state index contributed by atoms with van der Waals surface area (Å²) in [7, 11) is 1.63. The fourth-order valence-electron chi connectivity index (χ4n) is 3.75. The summed E-state index contributed by atoms with van der Waals surface area (Å²) in [6, 6.07) is 5.91. The van der Waals surface area contributed by atoms with Gasteiger partial charge in [0.2, 0.25) is 0 Å². The van der Waals surface area contributed by atoms with Gasteiger partial charge in [-0.2, -0.15) is 0 Å². The Morgan fingerprint density at radius 3 is 2.81 bits per heavy atom. The number of nitrogens with one attached hydrogen (secondary N) is 1. The molecule has 0 amide bonds. The number of hydrogen-bond acceptors (Lipinski definition) is 8. The van der Waals surface area contributed by atoms with Crippen LogP contribution in [0.25, 0.3) is 0 Å². The smallest absolute Gasteiger partial charge is 0.161 e. The van der Waals surface area contributed by atoms with Crippen molar-refractivity contribution in [2.75, 3.05) is 39.9 Å². The first-order chi connectivity index (χ1) is 15.0. The Hall–Kier alpha value is -1.71. The first-order valence-corrected chi connectivity index (χ1v) is 11.9. The van der Waals surface area contributed by atoms with Crippen molar-refractivity contribution in [3.8, 4) is 11.5 Å². The topological polar surface area (TPSA) is 87.1 Å². The number of aliphatic hydroxyl groups excluding tert-OH is 2. The van der Waals surface area contributed by atoms with Crippen LogP contribution in [0.4, 0.5) is 0 Å². The predicted octanol–water partition coefficient (Wildman–Crippen LogP) is 2.38. The number of aromatic nitrogens is 1. The molecule has 7 nitrogen and oxygen atoms in total. The van der Waals surface area contributed by atoms with Gasteiger partial charge < -0.3 is 29.9 Å². The van der Waals surface area contributed by atoms with Gasteiger partial charge in [0.25, 0.3) is 0 Å². The molecule has 0 radical (unpaired) electrons. The number of β-amino-alcohol motifs (C(OH)–C–C–N with tert-alkyl or cyclic N) is 1. The van der Waals surface area contributed by atoms with Gasteiger partial charge in [-0.1, -0.05) is 6.07 Å². The quantitative estimate of drug-likeness (QED) is 0.429. The molecule has 1 fully saturated rings. The molecular weight excluding hydrogens is 414 g/mol. The van der Waals surface area contributed by atoms with E-state index in [0.717, 1.165) is 63.1 Å². The molecule has 31 heavy (non-hydrogen) atoms. The van der Waals surface area contributed by atoms with Gasteiger partial charge in [-0.3, -0.25) is 0 Å². The number of likely N-dealkylation sites (tertiary alicyclic amines) is 1. The predicted molar refractivity (Wildman–Crippen MR) is 123 cm³/mol. The second kappa shape index (κ2) is 12.4. The highest BCUT2D eigenvalue weighted by molar-refractivity contribution is 7.09. The fraction of sp³-hybridized carbons (Fsp3) is 0.609. The van der Waals surface area contributed by atoms with Gasteiger partial charge >= 0.3 is 0 Å². The molecule has 0 bridgehead atoms. The molecule has 1 aliphatic heterocycles. The average molecular weight is 450 g/mol. The second-order valence-corrected chi connectivity index (χ2v) is 9.06. The van der Waals surface area contributed by atoms with E-state index in [-0.39, 0.29) is 12.7 Å². The van der Waals surface area contributed by atoms with Crippen LogP contribution < -0.4 is 14.8 Å². The molecule has 2 heterocycles. The van der Waals surface area contributed by atoms with Crippen LogP contribution in [0.2, 0.25) is 0 Å². The molecule has 172 valence electrons. The molecule has 0 unspecified atom stereocenters. The monoisotopic (exact) mass is 449 g/mol. The Bertz CT molecular complexity index is 793. The fourth-order valence-corrected chi connectivity index (χ4v) is 4.58. The Balaban J connectivity index is 1.39. The van der Waals surface area contributed by atoms with Crippen molar-refractivity contribution in [1.29, 1.82) is 0 Å². The van der Waals surface area contributed by atoms with Gasteiger partial charge in [0.1, 0.15) is 12.7 Å². The van der Waals surface area contributed by atoms with E-state index in [2.05, 4.69) is 22.1 Å². The number of ether oxygens (including phenoxy) is 2. The van der Waals surface area contributed by atoms with E-state index in [1.54, 1.807) is 18.4 Å². The Labute approximate surface area is 189 Å². The van der Waals surface area contributed by atoms with Crippen LogP contribution in [0.1, 0.15) is 35.4 Å². The molecule has 0 spiro atoms. The largest absolute Gasteiger partial charge is 0.493 e. The third-order valence-electron chi connectivity index (χ3n) is 5.62. The normalized spacial score (nSPS) is 16.4. The van der Waals surface area contributed by atoms with Crippen molar-refractivity contribution in [2.24, 2.45) is 0 Å². The molecular formula is C23H35N3O4S. The van der Waals surface area contributed by atoms with Crippen molar-refractivity contribution < 1.29 is 19.7 Å². The van der Waals surface area contributed by atoms with Gasteiger partial charge in [0.15, 0.2) is 11.5 Å². The minimum Gasteiger partial charge on any atom is -0.493 e. The summed E-state index contributed by atoms with van der Waals surface area (Å²) >= 11 is 1.73. The van der Waals surface area contributed by atoms with Gasteiger partial charge in [-0.05, 0) is 56.8 Å². The SMILES string of the molecule is COc1cc(CNCCCc2scnc2C)ccc1OC[C@@H](O)CN1CCC(O)CC1. The van der Waals surface area contributed by atoms with E-state index < -0.39 is 6.10 Å². The van der Waals surface area contributed by atoms with Crippen LogP contribution in [0.5, 0.6) is 11.5 Å². The first kappa shape index (κ1) is 23.9. The third kappa shape index (κ3) is 7.73. The number of benzene rings is 1. The molecule has 3 N–H and O–H groups in total. The lowest BCUT2D eigenvalue weighted by Gasteiger charge is -2.30.